The predicted octanol–water partition coefficient (Wildman–Crippen LogP) is 3.16. The van der Waals surface area contributed by atoms with Gasteiger partial charge >= 0.3 is 0 Å². The van der Waals surface area contributed by atoms with Crippen LogP contribution in [0.2, 0.25) is 0 Å². The molecule has 0 aliphatic carbocycles. The number of rotatable bonds is 5. The van der Waals surface area contributed by atoms with Gasteiger partial charge < -0.3 is 5.32 Å². The monoisotopic (exact) mass is 375 g/mol. The predicted molar refractivity (Wildman–Crippen MR) is 108 cm³/mol. The maximum absolute atomic E-state index is 12.5. The zero-order valence-corrected chi connectivity index (χ0v) is 16.3. The molecule has 1 aliphatic heterocycles. The summed E-state index contributed by atoms with van der Waals surface area (Å²) in [7, 11) is 0. The molecule has 1 atom stereocenters. The quantitative estimate of drug-likeness (QED) is 0.718. The van der Waals surface area contributed by atoms with Crippen molar-refractivity contribution in [1.29, 1.82) is 0 Å². The van der Waals surface area contributed by atoms with E-state index in [0.29, 0.717) is 11.4 Å². The molecule has 0 fully saturated rings. The second kappa shape index (κ2) is 7.94. The van der Waals surface area contributed by atoms with Crippen molar-refractivity contribution < 1.29 is 4.79 Å². The molecule has 28 heavy (non-hydrogen) atoms. The maximum atomic E-state index is 12.5. The molecule has 2 heterocycles. The summed E-state index contributed by atoms with van der Waals surface area (Å²) in [5.74, 6) is 1.21. The Kier molecular flexibility index (Phi) is 5.21. The molecule has 2 N–H and O–H groups in total. The van der Waals surface area contributed by atoms with Crippen molar-refractivity contribution >= 4 is 5.91 Å². The average Bonchev–Trinajstić information content (AvgIpc) is 3.15. The largest absolute Gasteiger partial charge is 0.342 e. The molecule has 0 saturated heterocycles. The molecule has 144 valence electrons. The minimum Gasteiger partial charge on any atom is -0.342 e. The average molecular weight is 375 g/mol. The molecule has 3 aromatic rings. The Bertz CT molecular complexity index is 963. The highest BCUT2D eigenvalue weighted by atomic mass is 16.1. The van der Waals surface area contributed by atoms with Crippen LogP contribution in [-0.2, 0) is 19.5 Å². The summed E-state index contributed by atoms with van der Waals surface area (Å²) in [4.78, 5) is 19.2. The van der Waals surface area contributed by atoms with Crippen molar-refractivity contribution in [3.05, 3.63) is 82.4 Å². The Labute approximate surface area is 165 Å². The van der Waals surface area contributed by atoms with Crippen molar-refractivity contribution in [1.82, 2.24) is 25.4 Å². The van der Waals surface area contributed by atoms with Crippen LogP contribution in [0.4, 0.5) is 0 Å². The van der Waals surface area contributed by atoms with Crippen LogP contribution < -0.4 is 5.32 Å². The highest BCUT2D eigenvalue weighted by Crippen LogP contribution is 2.20. The van der Waals surface area contributed by atoms with E-state index in [9.17, 15) is 4.79 Å². The molecular weight excluding hydrogens is 350 g/mol. The fraction of sp³-hybridized carbons (Fsp3) is 0.318. The number of H-pyrrole nitrogens is 1. The topological polar surface area (TPSA) is 73.9 Å². The smallest absolute Gasteiger partial charge is 0.251 e. The Morgan fingerprint density at radius 1 is 1.18 bits per heavy atom. The second-order valence-corrected chi connectivity index (χ2v) is 7.40. The summed E-state index contributed by atoms with van der Waals surface area (Å²) in [5.41, 5.74) is 4.74. The van der Waals surface area contributed by atoms with Gasteiger partial charge in [-0.05, 0) is 49.1 Å². The molecule has 0 radical (unpaired) electrons. The van der Waals surface area contributed by atoms with Gasteiger partial charge in [-0.15, -0.1) is 0 Å². The number of carbonyl (C=O) groups is 1. The van der Waals surface area contributed by atoms with Gasteiger partial charge in [-0.1, -0.05) is 36.4 Å². The summed E-state index contributed by atoms with van der Waals surface area (Å²) in [5, 5.41) is 9.84. The zero-order chi connectivity index (χ0) is 19.5. The number of hydrogen-bond donors (Lipinski definition) is 2. The van der Waals surface area contributed by atoms with E-state index in [1.807, 2.05) is 38.1 Å². The summed E-state index contributed by atoms with van der Waals surface area (Å²) in [6.07, 6.45) is 1.09. The first-order valence-corrected chi connectivity index (χ1v) is 9.66. The third kappa shape index (κ3) is 4.12. The number of aromatic nitrogens is 3. The van der Waals surface area contributed by atoms with Crippen LogP contribution in [0, 0.1) is 6.92 Å². The molecular formula is C22H25N5O. The second-order valence-electron chi connectivity index (χ2n) is 7.40. The van der Waals surface area contributed by atoms with Crippen LogP contribution in [0.25, 0.3) is 0 Å². The van der Waals surface area contributed by atoms with Crippen molar-refractivity contribution in [3.8, 4) is 0 Å². The lowest BCUT2D eigenvalue weighted by molar-refractivity contribution is 0.0938. The summed E-state index contributed by atoms with van der Waals surface area (Å²) in [6, 6.07) is 16.3. The maximum Gasteiger partial charge on any atom is 0.251 e. The summed E-state index contributed by atoms with van der Waals surface area (Å²) in [6.45, 7) is 6.65. The Balaban J connectivity index is 1.35. The lowest BCUT2D eigenvalue weighted by atomic mass is 9.99. The van der Waals surface area contributed by atoms with E-state index >= 15 is 0 Å². The van der Waals surface area contributed by atoms with Gasteiger partial charge in [0.05, 0.1) is 6.04 Å². The summed E-state index contributed by atoms with van der Waals surface area (Å²) < 4.78 is 0. The molecule has 2 aromatic carbocycles. The van der Waals surface area contributed by atoms with E-state index in [1.54, 1.807) is 0 Å². The van der Waals surface area contributed by atoms with Crippen molar-refractivity contribution in [2.45, 2.75) is 39.4 Å². The third-order valence-corrected chi connectivity index (χ3v) is 5.18. The number of nitrogens with one attached hydrogen (secondary N) is 2. The molecule has 0 unspecified atom stereocenters. The fourth-order valence-corrected chi connectivity index (χ4v) is 3.61. The van der Waals surface area contributed by atoms with E-state index in [4.69, 9.17) is 0 Å². The molecule has 0 bridgehead atoms. The van der Waals surface area contributed by atoms with Crippen molar-refractivity contribution in [2.75, 3.05) is 6.54 Å². The Morgan fingerprint density at radius 2 is 1.93 bits per heavy atom. The fourth-order valence-electron chi connectivity index (χ4n) is 3.61. The number of fused-ring (bicyclic) bond motifs is 1. The van der Waals surface area contributed by atoms with Crippen LogP contribution in [-0.4, -0.2) is 32.5 Å². The van der Waals surface area contributed by atoms with Crippen LogP contribution in [0.5, 0.6) is 0 Å². The molecule has 6 nitrogen and oxygen atoms in total. The van der Waals surface area contributed by atoms with Gasteiger partial charge in [-0.2, -0.15) is 5.10 Å². The number of carbonyl (C=O) groups excluding carboxylic acids is 1. The Morgan fingerprint density at radius 3 is 2.64 bits per heavy atom. The number of aryl methyl sites for hydroxylation is 1. The normalized spacial score (nSPS) is 15.1. The molecule has 1 aromatic heterocycles. The standard InChI is InChI=1S/C22H25N5O/c1-15(21-24-16(2)25-26-21)23-22(28)19-9-7-17(8-10-19)13-27-12-11-18-5-3-4-6-20(18)14-27/h3-10,15H,11-14H2,1-2H3,(H,23,28)(H,24,25,26)/t15-/m0/s1. The van der Waals surface area contributed by atoms with E-state index in [2.05, 4.69) is 49.7 Å². The van der Waals surface area contributed by atoms with Gasteiger partial charge in [-0.25, -0.2) is 4.98 Å². The van der Waals surface area contributed by atoms with Crippen LogP contribution in [0.3, 0.4) is 0 Å². The van der Waals surface area contributed by atoms with E-state index in [-0.39, 0.29) is 11.9 Å². The van der Waals surface area contributed by atoms with Crippen LogP contribution in [0.15, 0.2) is 48.5 Å². The van der Waals surface area contributed by atoms with Gasteiger partial charge in [0.2, 0.25) is 0 Å². The van der Waals surface area contributed by atoms with Gasteiger partial charge in [-0.3, -0.25) is 14.8 Å². The van der Waals surface area contributed by atoms with E-state index < -0.39 is 0 Å². The minimum absolute atomic E-state index is 0.117. The van der Waals surface area contributed by atoms with Crippen LogP contribution in [0.1, 0.15) is 51.7 Å². The number of amides is 1. The van der Waals surface area contributed by atoms with Crippen molar-refractivity contribution in [3.63, 3.8) is 0 Å². The number of benzene rings is 2. The molecule has 4 rings (SSSR count). The minimum atomic E-state index is -0.245. The van der Waals surface area contributed by atoms with E-state index in [0.717, 1.165) is 31.9 Å². The number of hydrogen-bond acceptors (Lipinski definition) is 4. The highest BCUT2D eigenvalue weighted by molar-refractivity contribution is 5.94. The first-order chi connectivity index (χ1) is 13.6. The van der Waals surface area contributed by atoms with Gasteiger partial charge in [0.1, 0.15) is 5.82 Å². The van der Waals surface area contributed by atoms with Gasteiger partial charge in [0, 0.05) is 25.2 Å². The van der Waals surface area contributed by atoms with Gasteiger partial charge in [0.15, 0.2) is 5.82 Å². The molecule has 0 spiro atoms. The van der Waals surface area contributed by atoms with Gasteiger partial charge in [0.25, 0.3) is 5.91 Å². The first kappa shape index (κ1) is 18.4. The SMILES string of the molecule is Cc1nc([C@H](C)NC(=O)c2ccc(CN3CCc4ccccc4C3)cc2)n[nH]1. The summed E-state index contributed by atoms with van der Waals surface area (Å²) >= 11 is 0. The Hall–Kier alpha value is -2.99. The molecule has 0 saturated carbocycles. The molecule has 1 amide bonds. The lowest BCUT2D eigenvalue weighted by Crippen LogP contribution is -2.30. The zero-order valence-electron chi connectivity index (χ0n) is 16.3. The van der Waals surface area contributed by atoms with E-state index in [1.165, 1.54) is 16.7 Å². The molecule has 6 heteroatoms. The molecule has 1 aliphatic rings. The highest BCUT2D eigenvalue weighted by Gasteiger charge is 2.17. The third-order valence-electron chi connectivity index (χ3n) is 5.18. The first-order valence-electron chi connectivity index (χ1n) is 9.66. The van der Waals surface area contributed by atoms with Crippen LogP contribution >= 0.6 is 0 Å². The van der Waals surface area contributed by atoms with Crippen molar-refractivity contribution in [2.24, 2.45) is 0 Å². The number of nitrogens with zero attached hydrogens (tertiary/aromatic N) is 3. The lowest BCUT2D eigenvalue weighted by Gasteiger charge is -2.28. The number of aromatic amines is 1.